The Morgan fingerprint density at radius 1 is 1.09 bits per heavy atom. The first kappa shape index (κ1) is 24.3. The molecule has 0 atom stereocenters. The molecule has 1 aliphatic rings. The van der Waals surface area contributed by atoms with Crippen molar-refractivity contribution in [2.45, 2.75) is 19.8 Å². The van der Waals surface area contributed by atoms with Crippen LogP contribution in [0.1, 0.15) is 25.5 Å². The number of pyridine rings is 1. The quantitative estimate of drug-likeness (QED) is 0.383. The maximum absolute atomic E-state index is 10.2. The van der Waals surface area contributed by atoms with Gasteiger partial charge in [-0.3, -0.25) is 9.88 Å². The molecule has 3 heterocycles. The Labute approximate surface area is 207 Å². The van der Waals surface area contributed by atoms with Crippen molar-refractivity contribution in [3.63, 3.8) is 0 Å². The number of hydrogen-bond donors (Lipinski definition) is 1. The smallest absolute Gasteiger partial charge is 0.142 e. The highest BCUT2D eigenvalue weighted by molar-refractivity contribution is 6.32. The van der Waals surface area contributed by atoms with Crippen molar-refractivity contribution >= 4 is 17.2 Å². The molecule has 6 heteroatoms. The largest absolute Gasteiger partial charge is 0.506 e. The summed E-state index contributed by atoms with van der Waals surface area (Å²) in [6.45, 7) is 7.49. The number of allylic oxidation sites excluding steroid dienone is 3. The highest BCUT2D eigenvalue weighted by atomic mass is 35.5. The molecule has 0 amide bonds. The van der Waals surface area contributed by atoms with Gasteiger partial charge in [0.25, 0.3) is 0 Å². The molecule has 1 saturated heterocycles. The monoisotopic (exact) mass is 477 g/mol. The van der Waals surface area contributed by atoms with Gasteiger partial charge in [0.05, 0.1) is 5.02 Å². The summed E-state index contributed by atoms with van der Waals surface area (Å²) >= 11 is 6.05. The molecule has 1 aromatic carbocycles. The summed E-state index contributed by atoms with van der Waals surface area (Å²) in [5.74, 6) is 1.54. The van der Waals surface area contributed by atoms with Gasteiger partial charge in [0, 0.05) is 61.8 Å². The third-order valence-electron chi connectivity index (χ3n) is 6.13. The van der Waals surface area contributed by atoms with Crippen LogP contribution in [0.5, 0.6) is 5.75 Å². The summed E-state index contributed by atoms with van der Waals surface area (Å²) in [5.41, 5.74) is 3.80. The third kappa shape index (κ3) is 5.98. The number of benzene rings is 1. The van der Waals surface area contributed by atoms with Crippen molar-refractivity contribution in [2.24, 2.45) is 0 Å². The maximum atomic E-state index is 10.2. The lowest BCUT2D eigenvalue weighted by Crippen LogP contribution is -2.44. The molecule has 3 aromatic rings. The highest BCUT2D eigenvalue weighted by Crippen LogP contribution is 2.39. The van der Waals surface area contributed by atoms with Crippen molar-refractivity contribution in [1.29, 1.82) is 0 Å². The number of unbranched alkanes of at least 4 members (excludes halogenated alkanes) is 1. The fourth-order valence-corrected chi connectivity index (χ4v) is 4.17. The zero-order valence-corrected chi connectivity index (χ0v) is 20.6. The number of aromatic hydroxyl groups is 1. The molecule has 5 nitrogen and oxygen atoms in total. The number of phenolic OH excluding ortho intramolecular Hbond substituents is 1. The number of aromatic nitrogens is 1. The van der Waals surface area contributed by atoms with E-state index in [0.717, 1.165) is 73.6 Å². The van der Waals surface area contributed by atoms with E-state index in [4.69, 9.17) is 16.0 Å². The Hall–Kier alpha value is -2.86. The normalized spacial score (nSPS) is 15.9. The van der Waals surface area contributed by atoms with Crippen LogP contribution in [-0.2, 0) is 0 Å². The zero-order chi connectivity index (χ0) is 23.9. The molecule has 4 rings (SSSR count). The minimum absolute atomic E-state index is 0.0339. The van der Waals surface area contributed by atoms with E-state index in [-0.39, 0.29) is 5.75 Å². The van der Waals surface area contributed by atoms with Gasteiger partial charge in [-0.05, 0) is 55.4 Å². The molecule has 1 fully saturated rings. The van der Waals surface area contributed by atoms with Crippen LogP contribution in [0.3, 0.4) is 0 Å². The van der Waals surface area contributed by atoms with Gasteiger partial charge in [-0.1, -0.05) is 43.2 Å². The molecule has 178 valence electrons. The van der Waals surface area contributed by atoms with Crippen LogP contribution in [0.25, 0.3) is 28.0 Å². The minimum atomic E-state index is 0.0339. The molecular weight excluding hydrogens is 446 g/mol. The standard InChI is InChI=1S/C28H32ClN3O2/c1-3-4-6-22(7-5-14-32-17-15-31(2)16-18-32)27-20-24(21-10-12-30-13-11-21)28(34-27)23-8-9-25(29)26(33)19-23/h5-13,19-20,33H,3-4,14-18H2,1-2H3/b7-5-,22-6+. The summed E-state index contributed by atoms with van der Waals surface area (Å²) in [4.78, 5) is 8.99. The van der Waals surface area contributed by atoms with Crippen molar-refractivity contribution < 1.29 is 9.52 Å². The van der Waals surface area contributed by atoms with Crippen LogP contribution in [0.15, 0.2) is 71.4 Å². The first-order valence-corrected chi connectivity index (χ1v) is 12.2. The second-order valence-electron chi connectivity index (χ2n) is 8.71. The van der Waals surface area contributed by atoms with Crippen LogP contribution >= 0.6 is 11.6 Å². The maximum Gasteiger partial charge on any atom is 0.142 e. The van der Waals surface area contributed by atoms with E-state index >= 15 is 0 Å². The summed E-state index contributed by atoms with van der Waals surface area (Å²) in [6.07, 6.45) is 12.2. The lowest BCUT2D eigenvalue weighted by molar-refractivity contribution is 0.166. The highest BCUT2D eigenvalue weighted by Gasteiger charge is 2.18. The van der Waals surface area contributed by atoms with Crippen LogP contribution < -0.4 is 0 Å². The van der Waals surface area contributed by atoms with Crippen LogP contribution in [-0.4, -0.2) is 59.7 Å². The van der Waals surface area contributed by atoms with Crippen LogP contribution in [0.4, 0.5) is 0 Å². The summed E-state index contributed by atoms with van der Waals surface area (Å²) in [7, 11) is 2.17. The molecule has 0 aliphatic carbocycles. The Bertz CT molecular complexity index is 1150. The third-order valence-corrected chi connectivity index (χ3v) is 6.45. The zero-order valence-electron chi connectivity index (χ0n) is 19.9. The van der Waals surface area contributed by atoms with Gasteiger partial charge in [-0.15, -0.1) is 0 Å². The van der Waals surface area contributed by atoms with E-state index in [1.807, 2.05) is 18.2 Å². The molecule has 1 aliphatic heterocycles. The molecule has 34 heavy (non-hydrogen) atoms. The lowest BCUT2D eigenvalue weighted by Gasteiger charge is -2.31. The number of rotatable bonds is 8. The Kier molecular flexibility index (Phi) is 8.22. The Morgan fingerprint density at radius 2 is 1.85 bits per heavy atom. The number of phenols is 1. The van der Waals surface area contributed by atoms with Gasteiger partial charge >= 0.3 is 0 Å². The van der Waals surface area contributed by atoms with E-state index in [9.17, 15) is 5.11 Å². The number of piperazine rings is 1. The van der Waals surface area contributed by atoms with Crippen molar-refractivity contribution in [2.75, 3.05) is 39.8 Å². The fraction of sp³-hybridized carbons (Fsp3) is 0.321. The van der Waals surface area contributed by atoms with E-state index < -0.39 is 0 Å². The average Bonchev–Trinajstić information content (AvgIpc) is 3.30. The molecule has 0 bridgehead atoms. The molecular formula is C28H32ClN3O2. The molecule has 0 unspecified atom stereocenters. The number of halogens is 1. The first-order chi connectivity index (χ1) is 16.5. The molecule has 1 N–H and O–H groups in total. The van der Waals surface area contributed by atoms with Gasteiger partial charge in [-0.25, -0.2) is 0 Å². The number of hydrogen-bond acceptors (Lipinski definition) is 5. The van der Waals surface area contributed by atoms with Crippen molar-refractivity contribution in [3.05, 3.63) is 77.8 Å². The molecule has 0 spiro atoms. The molecule has 0 radical (unpaired) electrons. The van der Waals surface area contributed by atoms with Crippen molar-refractivity contribution in [3.8, 4) is 28.2 Å². The van der Waals surface area contributed by atoms with Gasteiger partial charge in [0.1, 0.15) is 17.3 Å². The fourth-order valence-electron chi connectivity index (χ4n) is 4.06. The van der Waals surface area contributed by atoms with Crippen LogP contribution in [0, 0.1) is 0 Å². The lowest BCUT2D eigenvalue weighted by atomic mass is 10.0. The number of furan rings is 1. The first-order valence-electron chi connectivity index (χ1n) is 11.9. The Morgan fingerprint density at radius 3 is 2.56 bits per heavy atom. The number of likely N-dealkylation sites (N-methyl/N-ethyl adjacent to an activating group) is 1. The molecule has 2 aromatic heterocycles. The number of nitrogens with zero attached hydrogens (tertiary/aromatic N) is 3. The summed E-state index contributed by atoms with van der Waals surface area (Å²) in [5, 5.41) is 10.5. The van der Waals surface area contributed by atoms with Crippen LogP contribution in [0.2, 0.25) is 5.02 Å². The minimum Gasteiger partial charge on any atom is -0.506 e. The Balaban J connectivity index is 1.68. The average molecular weight is 478 g/mol. The van der Waals surface area contributed by atoms with E-state index in [2.05, 4.69) is 53.0 Å². The van der Waals surface area contributed by atoms with E-state index in [1.165, 1.54) is 0 Å². The van der Waals surface area contributed by atoms with Gasteiger partial charge < -0.3 is 14.4 Å². The predicted molar refractivity (Wildman–Crippen MR) is 140 cm³/mol. The van der Waals surface area contributed by atoms with E-state index in [1.54, 1.807) is 24.5 Å². The predicted octanol–water partition coefficient (Wildman–Crippen LogP) is 6.35. The van der Waals surface area contributed by atoms with Gasteiger partial charge in [0.2, 0.25) is 0 Å². The van der Waals surface area contributed by atoms with Gasteiger partial charge in [0.15, 0.2) is 0 Å². The second-order valence-corrected chi connectivity index (χ2v) is 9.12. The second kappa shape index (κ2) is 11.5. The van der Waals surface area contributed by atoms with E-state index in [0.29, 0.717) is 10.8 Å². The molecule has 0 saturated carbocycles. The van der Waals surface area contributed by atoms with Crippen molar-refractivity contribution in [1.82, 2.24) is 14.8 Å². The summed E-state index contributed by atoms with van der Waals surface area (Å²) in [6, 6.07) is 11.2. The summed E-state index contributed by atoms with van der Waals surface area (Å²) < 4.78 is 6.45. The topological polar surface area (TPSA) is 52.7 Å². The van der Waals surface area contributed by atoms with Gasteiger partial charge in [-0.2, -0.15) is 0 Å². The SMILES string of the molecule is CCC/C=C(\C=C/CN1CCN(C)CC1)c1cc(-c2ccncc2)c(-c2ccc(Cl)c(O)c2)o1.